The van der Waals surface area contributed by atoms with Crippen LogP contribution in [-0.4, -0.2) is 9.97 Å². The second kappa shape index (κ2) is 3.22. The molecule has 0 fully saturated rings. The van der Waals surface area contributed by atoms with Gasteiger partial charge in [0.1, 0.15) is 11.6 Å². The highest BCUT2D eigenvalue weighted by molar-refractivity contribution is 6.36. The van der Waals surface area contributed by atoms with Crippen molar-refractivity contribution in [3.8, 4) is 0 Å². The summed E-state index contributed by atoms with van der Waals surface area (Å²) in [7, 11) is 0. The third kappa shape index (κ3) is 1.47. The Bertz CT molecular complexity index is 468. The van der Waals surface area contributed by atoms with E-state index in [9.17, 15) is 4.39 Å². The largest absolute Gasteiger partial charge is 0.383 e. The van der Waals surface area contributed by atoms with Crippen LogP contribution in [0.1, 0.15) is 0 Å². The normalized spacial score (nSPS) is 10.8. The van der Waals surface area contributed by atoms with E-state index in [0.29, 0.717) is 10.9 Å². The molecule has 0 amide bonds. The van der Waals surface area contributed by atoms with Crippen molar-refractivity contribution in [2.24, 2.45) is 0 Å². The van der Waals surface area contributed by atoms with Crippen molar-refractivity contribution in [3.63, 3.8) is 0 Å². The lowest BCUT2D eigenvalue weighted by molar-refractivity contribution is 0.629. The first-order valence-electron chi connectivity index (χ1n) is 3.65. The maximum absolute atomic E-state index is 12.9. The highest BCUT2D eigenvalue weighted by Gasteiger charge is 2.08. The van der Waals surface area contributed by atoms with Crippen molar-refractivity contribution in [3.05, 3.63) is 28.3 Å². The van der Waals surface area contributed by atoms with Crippen LogP contribution >= 0.6 is 23.2 Å². The van der Waals surface area contributed by atoms with Gasteiger partial charge in [0.2, 0.25) is 5.28 Å². The Kier molecular flexibility index (Phi) is 2.17. The van der Waals surface area contributed by atoms with Gasteiger partial charge in [-0.25, -0.2) is 14.4 Å². The Morgan fingerprint density at radius 3 is 2.64 bits per heavy atom. The van der Waals surface area contributed by atoms with Crippen LogP contribution in [0.5, 0.6) is 0 Å². The van der Waals surface area contributed by atoms with Gasteiger partial charge >= 0.3 is 0 Å². The number of fused-ring (bicyclic) bond motifs is 1. The maximum Gasteiger partial charge on any atom is 0.224 e. The van der Waals surface area contributed by atoms with Crippen LogP contribution in [0.2, 0.25) is 10.3 Å². The Labute approximate surface area is 88.7 Å². The van der Waals surface area contributed by atoms with Gasteiger partial charge in [-0.05, 0) is 23.7 Å². The van der Waals surface area contributed by atoms with E-state index in [4.69, 9.17) is 28.9 Å². The number of benzene rings is 1. The standard InChI is InChI=1S/C8H4Cl2FN3/c9-5-2-3(11)1-4-6(5)13-8(10)14-7(4)12/h1-2H,(H2,12,13,14). The van der Waals surface area contributed by atoms with E-state index >= 15 is 0 Å². The number of hydrogen-bond acceptors (Lipinski definition) is 3. The van der Waals surface area contributed by atoms with Crippen LogP contribution in [0.25, 0.3) is 10.9 Å². The molecule has 72 valence electrons. The molecule has 3 nitrogen and oxygen atoms in total. The number of hydrogen-bond donors (Lipinski definition) is 1. The van der Waals surface area contributed by atoms with Gasteiger partial charge in [-0.1, -0.05) is 11.6 Å². The summed E-state index contributed by atoms with van der Waals surface area (Å²) in [5.74, 6) is -0.374. The summed E-state index contributed by atoms with van der Waals surface area (Å²) in [5, 5.41) is 0.513. The van der Waals surface area contributed by atoms with Gasteiger partial charge in [-0.2, -0.15) is 0 Å². The molecular formula is C8H4Cl2FN3. The smallest absolute Gasteiger partial charge is 0.224 e. The minimum atomic E-state index is -0.486. The molecule has 14 heavy (non-hydrogen) atoms. The molecule has 1 heterocycles. The molecule has 2 N–H and O–H groups in total. The molecule has 1 aromatic heterocycles. The van der Waals surface area contributed by atoms with Crippen molar-refractivity contribution in [1.82, 2.24) is 9.97 Å². The molecular weight excluding hydrogens is 228 g/mol. The van der Waals surface area contributed by atoms with Crippen molar-refractivity contribution < 1.29 is 4.39 Å². The Morgan fingerprint density at radius 1 is 1.21 bits per heavy atom. The van der Waals surface area contributed by atoms with Crippen molar-refractivity contribution in [2.75, 3.05) is 5.73 Å². The number of nitrogens with zero attached hydrogens (tertiary/aromatic N) is 2. The molecule has 0 bridgehead atoms. The highest BCUT2D eigenvalue weighted by atomic mass is 35.5. The monoisotopic (exact) mass is 231 g/mol. The molecule has 0 aliphatic carbocycles. The van der Waals surface area contributed by atoms with Crippen LogP contribution in [-0.2, 0) is 0 Å². The van der Waals surface area contributed by atoms with E-state index < -0.39 is 5.82 Å². The zero-order valence-electron chi connectivity index (χ0n) is 6.76. The number of rotatable bonds is 0. The van der Waals surface area contributed by atoms with Gasteiger partial charge in [0.15, 0.2) is 0 Å². The summed E-state index contributed by atoms with van der Waals surface area (Å²) < 4.78 is 12.9. The zero-order chi connectivity index (χ0) is 10.3. The number of aromatic nitrogens is 2. The SMILES string of the molecule is Nc1nc(Cl)nc2c(Cl)cc(F)cc12. The lowest BCUT2D eigenvalue weighted by atomic mass is 10.2. The van der Waals surface area contributed by atoms with E-state index in [1.807, 2.05) is 0 Å². The molecule has 1 aromatic carbocycles. The van der Waals surface area contributed by atoms with Gasteiger partial charge < -0.3 is 5.73 Å². The number of halogens is 3. The molecule has 0 saturated heterocycles. The van der Waals surface area contributed by atoms with Crippen LogP contribution in [0.4, 0.5) is 10.2 Å². The molecule has 0 unspecified atom stereocenters. The van der Waals surface area contributed by atoms with Crippen molar-refractivity contribution >= 4 is 39.9 Å². The van der Waals surface area contributed by atoms with E-state index in [1.54, 1.807) is 0 Å². The van der Waals surface area contributed by atoms with Gasteiger partial charge in [0.25, 0.3) is 0 Å². The summed E-state index contributed by atoms with van der Waals surface area (Å²) in [5.41, 5.74) is 5.89. The summed E-state index contributed by atoms with van der Waals surface area (Å²) >= 11 is 11.3. The molecule has 6 heteroatoms. The topological polar surface area (TPSA) is 51.8 Å². The van der Waals surface area contributed by atoms with Gasteiger partial charge in [0, 0.05) is 5.39 Å². The molecule has 0 radical (unpaired) electrons. The average Bonchev–Trinajstić information content (AvgIpc) is 2.07. The number of nitrogen functional groups attached to an aromatic ring is 1. The fourth-order valence-electron chi connectivity index (χ4n) is 1.15. The van der Waals surface area contributed by atoms with Crippen molar-refractivity contribution in [1.29, 1.82) is 0 Å². The van der Waals surface area contributed by atoms with E-state index in [0.717, 1.165) is 6.07 Å². The fraction of sp³-hybridized carbons (Fsp3) is 0. The lowest BCUT2D eigenvalue weighted by Crippen LogP contribution is -1.96. The first kappa shape index (κ1) is 9.43. The molecule has 0 aliphatic heterocycles. The predicted molar refractivity (Wildman–Crippen MR) is 53.9 cm³/mol. The van der Waals surface area contributed by atoms with Crippen LogP contribution in [0, 0.1) is 5.82 Å². The quantitative estimate of drug-likeness (QED) is 0.710. The summed E-state index contributed by atoms with van der Waals surface area (Å²) in [6.07, 6.45) is 0. The second-order valence-corrected chi connectivity index (χ2v) is 3.41. The van der Waals surface area contributed by atoms with E-state index in [2.05, 4.69) is 9.97 Å². The van der Waals surface area contributed by atoms with Crippen molar-refractivity contribution in [2.45, 2.75) is 0 Å². The molecule has 0 aliphatic rings. The van der Waals surface area contributed by atoms with E-state index in [1.165, 1.54) is 6.07 Å². The molecule has 0 spiro atoms. The van der Waals surface area contributed by atoms with Gasteiger partial charge in [-0.15, -0.1) is 0 Å². The molecule has 2 aromatic rings. The Morgan fingerprint density at radius 2 is 1.93 bits per heavy atom. The predicted octanol–water partition coefficient (Wildman–Crippen LogP) is 2.66. The second-order valence-electron chi connectivity index (χ2n) is 2.66. The van der Waals surface area contributed by atoms with Gasteiger partial charge in [-0.3, -0.25) is 0 Å². The number of anilines is 1. The third-order valence-corrected chi connectivity index (χ3v) is 2.18. The van der Waals surface area contributed by atoms with Gasteiger partial charge in [0.05, 0.1) is 10.5 Å². The minimum Gasteiger partial charge on any atom is -0.383 e. The van der Waals surface area contributed by atoms with Crippen LogP contribution in [0.3, 0.4) is 0 Å². The fourth-order valence-corrected chi connectivity index (χ4v) is 1.58. The van der Waals surface area contributed by atoms with Crippen LogP contribution < -0.4 is 5.73 Å². The summed E-state index contributed by atoms with van der Waals surface area (Å²) in [6.45, 7) is 0. The number of nitrogens with two attached hydrogens (primary N) is 1. The highest BCUT2D eigenvalue weighted by Crippen LogP contribution is 2.27. The minimum absolute atomic E-state index is 0.0106. The zero-order valence-corrected chi connectivity index (χ0v) is 8.27. The first-order valence-corrected chi connectivity index (χ1v) is 4.41. The average molecular weight is 232 g/mol. The van der Waals surface area contributed by atoms with E-state index in [-0.39, 0.29) is 16.1 Å². The summed E-state index contributed by atoms with van der Waals surface area (Å²) in [6, 6.07) is 2.36. The first-order chi connectivity index (χ1) is 6.58. The third-order valence-electron chi connectivity index (χ3n) is 1.72. The Hall–Kier alpha value is -1.13. The molecule has 0 saturated carbocycles. The summed E-state index contributed by atoms with van der Waals surface area (Å²) in [4.78, 5) is 7.54. The molecule has 0 atom stereocenters. The Balaban J connectivity index is 2.94. The maximum atomic E-state index is 12.9. The lowest BCUT2D eigenvalue weighted by Gasteiger charge is -2.03. The molecule has 2 rings (SSSR count). The van der Waals surface area contributed by atoms with Crippen LogP contribution in [0.15, 0.2) is 12.1 Å².